The molecule has 264 valence electrons. The van der Waals surface area contributed by atoms with E-state index in [4.69, 9.17) is 18.5 Å². The highest BCUT2D eigenvalue weighted by Crippen LogP contribution is 2.45. The Hall–Kier alpha value is -2.36. The van der Waals surface area contributed by atoms with Crippen molar-refractivity contribution in [3.8, 4) is 0 Å². The molecule has 1 aromatic heterocycles. The zero-order chi connectivity index (χ0) is 33.8. The Kier molecular flexibility index (Phi) is 17.9. The Bertz CT molecular complexity index is 1260. The van der Waals surface area contributed by atoms with E-state index in [9.17, 15) is 19.0 Å². The number of alkyl carbamates (subject to hydrolysis) is 1. The van der Waals surface area contributed by atoms with Gasteiger partial charge in [-0.05, 0) is 25.5 Å². The van der Waals surface area contributed by atoms with E-state index in [-0.39, 0.29) is 25.6 Å². The molecule has 2 N–H and O–H groups in total. The maximum Gasteiger partial charge on any atom is 0.472 e. The zero-order valence-electron chi connectivity index (χ0n) is 28.7. The van der Waals surface area contributed by atoms with Crippen LogP contribution in [0.2, 0.25) is 0 Å². The standard InChI is InChI=1S/C36H57N2O8P/c1-3-5-6-7-8-9-10-11-12-13-14-15-16-17-18-21-26-37-35(40)43-29-36(30-46-47(41,42)45-4-2)34(33(39)28-44-36)38-27-22-24-31-23-19-20-25-32(31)38/h19-20,22-25,27,34H,3-18,21,26,28-30H2,1-2H3,(H-,37,40,41,42)/p+1. The summed E-state index contributed by atoms with van der Waals surface area (Å²) in [5, 5.41) is 3.68. The van der Waals surface area contributed by atoms with Gasteiger partial charge >= 0.3 is 13.9 Å². The SMILES string of the molecule is CCCCCCCCCCCCCCCCCCNC(=O)OCC1(COP(=O)(O)OCC)OCC(=O)C1[n+]1cccc2ccccc21. The maximum atomic E-state index is 13.3. The number of para-hydroxylation sites is 1. The molecular weight excluding hydrogens is 619 g/mol. The van der Waals surface area contributed by atoms with Crippen LogP contribution in [0.3, 0.4) is 0 Å². The van der Waals surface area contributed by atoms with Gasteiger partial charge in [0.15, 0.2) is 11.8 Å². The lowest BCUT2D eigenvalue weighted by molar-refractivity contribution is -0.696. The van der Waals surface area contributed by atoms with E-state index in [0.29, 0.717) is 6.54 Å². The fraction of sp³-hybridized carbons (Fsp3) is 0.694. The number of fused-ring (bicyclic) bond motifs is 1. The molecule has 11 heteroatoms. The first-order chi connectivity index (χ1) is 22.8. The third-order valence-electron chi connectivity index (χ3n) is 8.83. The number of unbranched alkanes of at least 4 members (excludes halogenated alkanes) is 15. The second-order valence-corrected chi connectivity index (χ2v) is 14.1. The Morgan fingerprint density at radius 2 is 1.45 bits per heavy atom. The molecule has 0 radical (unpaired) electrons. The van der Waals surface area contributed by atoms with Crippen LogP contribution in [0.4, 0.5) is 4.79 Å². The van der Waals surface area contributed by atoms with E-state index in [1.165, 1.54) is 83.5 Å². The first kappa shape index (κ1) is 39.1. The van der Waals surface area contributed by atoms with Crippen LogP contribution < -0.4 is 9.88 Å². The summed E-state index contributed by atoms with van der Waals surface area (Å²) in [6.45, 7) is 3.13. The van der Waals surface area contributed by atoms with Crippen molar-refractivity contribution >= 4 is 30.6 Å². The molecule has 2 heterocycles. The normalized spacial score (nSPS) is 19.2. The molecule has 1 amide bonds. The van der Waals surface area contributed by atoms with E-state index < -0.39 is 32.2 Å². The molecule has 1 fully saturated rings. The van der Waals surface area contributed by atoms with Gasteiger partial charge in [-0.25, -0.2) is 9.36 Å². The molecule has 3 rings (SSSR count). The van der Waals surface area contributed by atoms with Crippen LogP contribution in [0.25, 0.3) is 10.9 Å². The van der Waals surface area contributed by atoms with E-state index >= 15 is 0 Å². The molecule has 1 aromatic carbocycles. The van der Waals surface area contributed by atoms with Crippen LogP contribution >= 0.6 is 7.82 Å². The number of aromatic nitrogens is 1. The Morgan fingerprint density at radius 1 is 0.872 bits per heavy atom. The highest BCUT2D eigenvalue weighted by atomic mass is 31.2. The van der Waals surface area contributed by atoms with Crippen molar-refractivity contribution in [3.05, 3.63) is 42.6 Å². The highest BCUT2D eigenvalue weighted by molar-refractivity contribution is 7.47. The number of benzene rings is 1. The van der Waals surface area contributed by atoms with E-state index in [2.05, 4.69) is 12.2 Å². The number of rotatable bonds is 25. The average molecular weight is 678 g/mol. The third-order valence-corrected chi connectivity index (χ3v) is 9.87. The summed E-state index contributed by atoms with van der Waals surface area (Å²) in [4.78, 5) is 36.1. The van der Waals surface area contributed by atoms with Gasteiger partial charge in [0.1, 0.15) is 13.2 Å². The number of hydrogen-bond acceptors (Lipinski definition) is 7. The predicted octanol–water partition coefficient (Wildman–Crippen LogP) is 8.15. The minimum absolute atomic E-state index is 0.0413. The van der Waals surface area contributed by atoms with Crippen LogP contribution in [0.1, 0.15) is 123 Å². The number of phosphoric acid groups is 1. The molecule has 47 heavy (non-hydrogen) atoms. The lowest BCUT2D eigenvalue weighted by Gasteiger charge is -2.30. The van der Waals surface area contributed by atoms with Crippen LogP contribution in [0.15, 0.2) is 42.6 Å². The number of Topliss-reactive ketones (excluding diaryl/α,β-unsaturated/α-hetero) is 1. The molecule has 3 unspecified atom stereocenters. The van der Waals surface area contributed by atoms with Crippen LogP contribution in [-0.4, -0.2) is 55.3 Å². The van der Waals surface area contributed by atoms with Gasteiger partial charge in [0.25, 0.3) is 6.04 Å². The van der Waals surface area contributed by atoms with Gasteiger partial charge in [-0.15, -0.1) is 0 Å². The number of ether oxygens (including phenoxy) is 2. The molecule has 1 aliphatic rings. The first-order valence-electron chi connectivity index (χ1n) is 17.9. The number of amides is 1. The molecule has 10 nitrogen and oxygen atoms in total. The number of nitrogens with zero attached hydrogens (tertiary/aromatic N) is 1. The fourth-order valence-corrected chi connectivity index (χ4v) is 7.04. The highest BCUT2D eigenvalue weighted by Gasteiger charge is 2.58. The van der Waals surface area contributed by atoms with Crippen molar-refractivity contribution in [2.24, 2.45) is 0 Å². The van der Waals surface area contributed by atoms with Gasteiger partial charge < -0.3 is 19.7 Å². The Balaban J connectivity index is 1.40. The Labute approximate surface area is 281 Å². The second-order valence-electron chi connectivity index (χ2n) is 12.7. The molecule has 3 atom stereocenters. The predicted molar refractivity (Wildman–Crippen MR) is 183 cm³/mol. The van der Waals surface area contributed by atoms with Gasteiger partial charge in [0, 0.05) is 24.1 Å². The van der Waals surface area contributed by atoms with Gasteiger partial charge in [0.2, 0.25) is 11.3 Å². The van der Waals surface area contributed by atoms with Crippen molar-refractivity contribution in [3.63, 3.8) is 0 Å². The summed E-state index contributed by atoms with van der Waals surface area (Å²) < 4.78 is 35.8. The minimum atomic E-state index is -4.43. The molecule has 0 saturated carbocycles. The summed E-state index contributed by atoms with van der Waals surface area (Å²) in [5.74, 6) is -0.267. The molecule has 1 aliphatic heterocycles. The topological polar surface area (TPSA) is 124 Å². The van der Waals surface area contributed by atoms with Crippen LogP contribution in [0.5, 0.6) is 0 Å². The van der Waals surface area contributed by atoms with Gasteiger partial charge in [-0.1, -0.05) is 115 Å². The largest absolute Gasteiger partial charge is 0.472 e. The van der Waals surface area contributed by atoms with Crippen molar-refractivity contribution < 1.29 is 42.1 Å². The first-order valence-corrected chi connectivity index (χ1v) is 19.4. The number of pyridine rings is 1. The minimum Gasteiger partial charge on any atom is -0.446 e. The monoisotopic (exact) mass is 677 g/mol. The molecule has 0 aliphatic carbocycles. The second kappa shape index (κ2) is 21.6. The van der Waals surface area contributed by atoms with Crippen molar-refractivity contribution in [1.82, 2.24) is 5.32 Å². The number of phosphoric ester groups is 1. The summed E-state index contributed by atoms with van der Waals surface area (Å²) in [6, 6.07) is 10.3. The number of hydrogen-bond donors (Lipinski definition) is 2. The lowest BCUT2D eigenvalue weighted by atomic mass is 9.94. The fourth-order valence-electron chi connectivity index (χ4n) is 6.26. The summed E-state index contributed by atoms with van der Waals surface area (Å²) in [7, 11) is -4.43. The maximum absolute atomic E-state index is 13.3. The zero-order valence-corrected chi connectivity index (χ0v) is 29.6. The summed E-state index contributed by atoms with van der Waals surface area (Å²) in [6.07, 6.45) is 21.5. The molecule has 0 spiro atoms. The van der Waals surface area contributed by atoms with Crippen LogP contribution in [0, 0.1) is 0 Å². The lowest BCUT2D eigenvalue weighted by Crippen LogP contribution is -2.58. The van der Waals surface area contributed by atoms with Gasteiger partial charge in [0.05, 0.1) is 13.2 Å². The van der Waals surface area contributed by atoms with Gasteiger partial charge in [-0.2, -0.15) is 4.57 Å². The Morgan fingerprint density at radius 3 is 2.06 bits per heavy atom. The van der Waals surface area contributed by atoms with E-state index in [1.807, 2.05) is 36.4 Å². The summed E-state index contributed by atoms with van der Waals surface area (Å²) in [5.41, 5.74) is -0.791. The average Bonchev–Trinajstić information content (AvgIpc) is 3.39. The molecule has 0 bridgehead atoms. The smallest absolute Gasteiger partial charge is 0.446 e. The number of carbonyl (C=O) groups is 2. The van der Waals surface area contributed by atoms with E-state index in [1.54, 1.807) is 17.7 Å². The van der Waals surface area contributed by atoms with Crippen LogP contribution in [-0.2, 0) is 27.9 Å². The van der Waals surface area contributed by atoms with Crippen molar-refractivity contribution in [2.75, 3.05) is 33.0 Å². The van der Waals surface area contributed by atoms with E-state index in [0.717, 1.165) is 30.2 Å². The molecule has 1 saturated heterocycles. The quantitative estimate of drug-likeness (QED) is 0.0613. The number of nitrogens with one attached hydrogen (secondary N) is 1. The van der Waals surface area contributed by atoms with Crippen molar-refractivity contribution in [1.29, 1.82) is 0 Å². The van der Waals surface area contributed by atoms with Gasteiger partial charge in [-0.3, -0.25) is 13.8 Å². The molecule has 2 aromatic rings. The number of carbonyl (C=O) groups excluding carboxylic acids is 2. The molecular formula is C36H58N2O8P+. The summed E-state index contributed by atoms with van der Waals surface area (Å²) >= 11 is 0. The number of ketones is 1. The third kappa shape index (κ3) is 13.6. The van der Waals surface area contributed by atoms with Crippen molar-refractivity contribution in [2.45, 2.75) is 128 Å².